The summed E-state index contributed by atoms with van der Waals surface area (Å²) in [5.41, 5.74) is -0.192. The summed E-state index contributed by atoms with van der Waals surface area (Å²) in [6.07, 6.45) is 0. The van der Waals surface area contributed by atoms with E-state index in [2.05, 4.69) is 21.2 Å². The zero-order chi connectivity index (χ0) is 12.3. The van der Waals surface area contributed by atoms with Crippen molar-refractivity contribution < 1.29 is 19.1 Å². The van der Waals surface area contributed by atoms with Crippen LogP contribution in [0.15, 0.2) is 22.7 Å². The first-order valence-electron chi connectivity index (χ1n) is 4.41. The van der Waals surface area contributed by atoms with Gasteiger partial charge >= 0.3 is 5.97 Å². The maximum atomic E-state index is 13.4. The van der Waals surface area contributed by atoms with Crippen molar-refractivity contribution in [3.8, 4) is 0 Å². The fourth-order valence-corrected chi connectivity index (χ4v) is 1.38. The van der Waals surface area contributed by atoms with Crippen LogP contribution in [0.4, 0.5) is 4.39 Å². The van der Waals surface area contributed by atoms with Gasteiger partial charge in [0.15, 0.2) is 0 Å². The Kier molecular flexibility index (Phi) is 4.00. The molecule has 0 aliphatic heterocycles. The number of carbonyl (C=O) groups excluding carboxylic acids is 1. The molecular weight excluding hydrogens is 281 g/mol. The quantitative estimate of drug-likeness (QED) is 0.892. The molecule has 1 amide bonds. The van der Waals surface area contributed by atoms with Crippen LogP contribution >= 0.6 is 15.9 Å². The molecule has 0 spiro atoms. The average Bonchev–Trinajstić information content (AvgIpc) is 2.21. The van der Waals surface area contributed by atoms with E-state index in [1.54, 1.807) is 0 Å². The lowest BCUT2D eigenvalue weighted by molar-refractivity contribution is -0.138. The highest BCUT2D eigenvalue weighted by Gasteiger charge is 2.18. The maximum Gasteiger partial charge on any atom is 0.325 e. The van der Waals surface area contributed by atoms with Crippen LogP contribution in [0, 0.1) is 5.82 Å². The summed E-state index contributed by atoms with van der Waals surface area (Å²) in [6, 6.07) is 3.16. The normalized spacial score (nSPS) is 11.9. The van der Waals surface area contributed by atoms with Crippen LogP contribution in [0.25, 0.3) is 0 Å². The molecule has 4 nitrogen and oxygen atoms in total. The zero-order valence-corrected chi connectivity index (χ0v) is 9.92. The van der Waals surface area contributed by atoms with Crippen LogP contribution in [-0.4, -0.2) is 23.0 Å². The third-order valence-electron chi connectivity index (χ3n) is 1.91. The summed E-state index contributed by atoms with van der Waals surface area (Å²) < 4.78 is 13.6. The van der Waals surface area contributed by atoms with Gasteiger partial charge in [0.25, 0.3) is 5.91 Å². The van der Waals surface area contributed by atoms with Crippen LogP contribution in [0.2, 0.25) is 0 Å². The number of hydrogen-bond acceptors (Lipinski definition) is 2. The van der Waals surface area contributed by atoms with Gasteiger partial charge in [0.1, 0.15) is 11.9 Å². The van der Waals surface area contributed by atoms with Gasteiger partial charge < -0.3 is 10.4 Å². The number of carboxylic acids is 1. The average molecular weight is 290 g/mol. The van der Waals surface area contributed by atoms with Gasteiger partial charge in [-0.3, -0.25) is 9.59 Å². The minimum atomic E-state index is -1.18. The van der Waals surface area contributed by atoms with Crippen molar-refractivity contribution in [1.29, 1.82) is 0 Å². The Balaban J connectivity index is 2.89. The third-order valence-corrected chi connectivity index (χ3v) is 2.53. The Morgan fingerprint density at radius 2 is 2.12 bits per heavy atom. The molecule has 0 radical (unpaired) electrons. The fraction of sp³-hybridized carbons (Fsp3) is 0.200. The van der Waals surface area contributed by atoms with Gasteiger partial charge in [-0.2, -0.15) is 0 Å². The Morgan fingerprint density at radius 3 is 2.69 bits per heavy atom. The van der Waals surface area contributed by atoms with Crippen molar-refractivity contribution in [3.05, 3.63) is 34.1 Å². The molecule has 1 rings (SSSR count). The molecule has 16 heavy (non-hydrogen) atoms. The monoisotopic (exact) mass is 289 g/mol. The van der Waals surface area contributed by atoms with Crippen LogP contribution in [0.3, 0.4) is 0 Å². The van der Waals surface area contributed by atoms with Gasteiger partial charge in [-0.25, -0.2) is 4.39 Å². The number of aliphatic carboxylic acids is 1. The number of halogens is 2. The molecule has 1 aromatic carbocycles. The molecule has 0 aliphatic carbocycles. The van der Waals surface area contributed by atoms with Gasteiger partial charge in [0.05, 0.1) is 10.0 Å². The van der Waals surface area contributed by atoms with E-state index in [9.17, 15) is 14.0 Å². The molecule has 1 aromatic rings. The summed E-state index contributed by atoms with van der Waals surface area (Å²) in [7, 11) is 0. The third kappa shape index (κ3) is 2.79. The lowest BCUT2D eigenvalue weighted by Gasteiger charge is -2.10. The Morgan fingerprint density at radius 1 is 1.50 bits per heavy atom. The molecular formula is C10H9BrFNO3. The van der Waals surface area contributed by atoms with Crippen molar-refractivity contribution in [3.63, 3.8) is 0 Å². The summed E-state index contributed by atoms with van der Waals surface area (Å²) in [4.78, 5) is 22.0. The summed E-state index contributed by atoms with van der Waals surface area (Å²) in [6.45, 7) is 1.30. The number of carboxylic acid groups (broad SMARTS) is 1. The van der Waals surface area contributed by atoms with E-state index < -0.39 is 23.7 Å². The first kappa shape index (κ1) is 12.6. The second kappa shape index (κ2) is 5.07. The molecule has 86 valence electrons. The highest BCUT2D eigenvalue weighted by atomic mass is 79.9. The van der Waals surface area contributed by atoms with E-state index in [1.165, 1.54) is 25.1 Å². The second-order valence-corrected chi connectivity index (χ2v) is 3.99. The molecule has 0 aliphatic rings. The van der Waals surface area contributed by atoms with E-state index in [4.69, 9.17) is 5.11 Å². The molecule has 0 saturated heterocycles. The second-order valence-electron chi connectivity index (χ2n) is 3.13. The predicted molar refractivity (Wildman–Crippen MR) is 58.7 cm³/mol. The summed E-state index contributed by atoms with van der Waals surface area (Å²) >= 11 is 2.94. The van der Waals surface area contributed by atoms with Crippen molar-refractivity contribution in [1.82, 2.24) is 5.32 Å². The van der Waals surface area contributed by atoms with Gasteiger partial charge in [-0.05, 0) is 35.0 Å². The molecule has 0 bridgehead atoms. The molecule has 0 heterocycles. The van der Waals surface area contributed by atoms with Crippen molar-refractivity contribution in [2.75, 3.05) is 0 Å². The largest absolute Gasteiger partial charge is 0.480 e. The van der Waals surface area contributed by atoms with Crippen molar-refractivity contribution >= 4 is 27.8 Å². The van der Waals surface area contributed by atoms with Gasteiger partial charge in [0, 0.05) is 0 Å². The first-order chi connectivity index (χ1) is 7.43. The molecule has 1 unspecified atom stereocenters. The van der Waals surface area contributed by atoms with Gasteiger partial charge in [-0.1, -0.05) is 6.07 Å². The lowest BCUT2D eigenvalue weighted by Crippen LogP contribution is -2.38. The smallest absolute Gasteiger partial charge is 0.325 e. The molecule has 1 atom stereocenters. The van der Waals surface area contributed by atoms with E-state index in [0.717, 1.165) is 0 Å². The number of hydrogen-bond donors (Lipinski definition) is 2. The first-order valence-corrected chi connectivity index (χ1v) is 5.20. The highest BCUT2D eigenvalue weighted by molar-refractivity contribution is 9.10. The Bertz CT molecular complexity index is 436. The lowest BCUT2D eigenvalue weighted by atomic mass is 10.2. The standard InChI is InChI=1S/C10H9BrFNO3/c1-5(10(15)16)13-9(14)6-3-2-4-7(11)8(6)12/h2-5H,1H3,(H,13,14)(H,15,16). The van der Waals surface area contributed by atoms with E-state index in [0.29, 0.717) is 0 Å². The number of benzene rings is 1. The molecule has 0 aromatic heterocycles. The van der Waals surface area contributed by atoms with Crippen LogP contribution in [0.1, 0.15) is 17.3 Å². The van der Waals surface area contributed by atoms with Gasteiger partial charge in [-0.15, -0.1) is 0 Å². The molecule has 0 saturated carbocycles. The van der Waals surface area contributed by atoms with Gasteiger partial charge in [0.2, 0.25) is 0 Å². The number of rotatable bonds is 3. The topological polar surface area (TPSA) is 66.4 Å². The SMILES string of the molecule is CC(NC(=O)c1cccc(Br)c1F)C(=O)O. The molecule has 0 fully saturated rings. The number of amides is 1. The van der Waals surface area contributed by atoms with E-state index >= 15 is 0 Å². The highest BCUT2D eigenvalue weighted by Crippen LogP contribution is 2.18. The Hall–Kier alpha value is -1.43. The van der Waals surface area contributed by atoms with Crippen LogP contribution in [0.5, 0.6) is 0 Å². The minimum Gasteiger partial charge on any atom is -0.480 e. The van der Waals surface area contributed by atoms with E-state index in [-0.39, 0.29) is 10.0 Å². The van der Waals surface area contributed by atoms with Crippen molar-refractivity contribution in [2.45, 2.75) is 13.0 Å². The minimum absolute atomic E-state index is 0.156. The predicted octanol–water partition coefficient (Wildman–Crippen LogP) is 1.79. The van der Waals surface area contributed by atoms with Crippen LogP contribution in [-0.2, 0) is 4.79 Å². The number of nitrogens with one attached hydrogen (secondary N) is 1. The molecule has 6 heteroatoms. The number of carbonyl (C=O) groups is 2. The maximum absolute atomic E-state index is 13.4. The zero-order valence-electron chi connectivity index (χ0n) is 8.33. The van der Waals surface area contributed by atoms with E-state index in [1.807, 2.05) is 0 Å². The van der Waals surface area contributed by atoms with Crippen LogP contribution < -0.4 is 5.32 Å². The molecule has 2 N–H and O–H groups in total. The van der Waals surface area contributed by atoms with Crippen molar-refractivity contribution in [2.24, 2.45) is 0 Å². The fourth-order valence-electron chi connectivity index (χ4n) is 1.02. The Labute approximate surface area is 99.6 Å². The summed E-state index contributed by atoms with van der Waals surface area (Å²) in [5, 5.41) is 10.7. The summed E-state index contributed by atoms with van der Waals surface area (Å²) in [5.74, 6) is -2.64.